The maximum atomic E-state index is 11.0. The van der Waals surface area contributed by atoms with Crippen molar-refractivity contribution in [1.82, 2.24) is 9.78 Å². The van der Waals surface area contributed by atoms with Crippen molar-refractivity contribution in [2.75, 3.05) is 5.43 Å². The molecule has 1 heterocycles. The Labute approximate surface area is 130 Å². The van der Waals surface area contributed by atoms with Crippen LogP contribution in [0.25, 0.3) is 0 Å². The third kappa shape index (κ3) is 3.14. The van der Waals surface area contributed by atoms with Gasteiger partial charge in [-0.25, -0.2) is 4.68 Å². The average Bonchev–Trinajstić information content (AvgIpc) is 2.67. The van der Waals surface area contributed by atoms with Crippen molar-refractivity contribution >= 4 is 40.9 Å². The second-order valence-corrected chi connectivity index (χ2v) is 4.98. The lowest BCUT2D eigenvalue weighted by Gasteiger charge is -2.02. The molecule has 0 atom stereocenters. The lowest BCUT2D eigenvalue weighted by molar-refractivity contribution is -0.384. The topological polar surface area (TPSA) is 85.3 Å². The van der Waals surface area contributed by atoms with Crippen molar-refractivity contribution in [3.8, 4) is 0 Å². The van der Waals surface area contributed by atoms with Gasteiger partial charge in [-0.1, -0.05) is 29.3 Å². The number of nitro groups is 1. The number of hydrazone groups is 1. The number of aryl methyl sites for hydroxylation is 2. The molecule has 7 nitrogen and oxygen atoms in total. The molecule has 1 aromatic heterocycles. The highest BCUT2D eigenvalue weighted by Crippen LogP contribution is 2.27. The minimum absolute atomic E-state index is 0.125. The Balaban J connectivity index is 2.28. The molecule has 1 N–H and O–H groups in total. The zero-order valence-electron chi connectivity index (χ0n) is 11.2. The molecule has 21 heavy (non-hydrogen) atoms. The number of benzene rings is 1. The number of halogens is 2. The van der Waals surface area contributed by atoms with Gasteiger partial charge in [0.1, 0.15) is 5.69 Å². The van der Waals surface area contributed by atoms with Gasteiger partial charge < -0.3 is 0 Å². The minimum atomic E-state index is -0.511. The average molecular weight is 328 g/mol. The number of hydrogen-bond acceptors (Lipinski definition) is 5. The lowest BCUT2D eigenvalue weighted by Crippen LogP contribution is -2.01. The number of aromatic nitrogens is 2. The van der Waals surface area contributed by atoms with Crippen molar-refractivity contribution in [1.29, 1.82) is 0 Å². The molecule has 0 aliphatic carbocycles. The summed E-state index contributed by atoms with van der Waals surface area (Å²) in [7, 11) is 1.58. The molecule has 0 fully saturated rings. The molecule has 0 aliphatic heterocycles. The zero-order chi connectivity index (χ0) is 15.6. The Morgan fingerprint density at radius 1 is 1.43 bits per heavy atom. The van der Waals surface area contributed by atoms with Crippen LogP contribution in [0.2, 0.25) is 10.0 Å². The minimum Gasteiger partial charge on any atom is -0.258 e. The van der Waals surface area contributed by atoms with Gasteiger partial charge in [-0.15, -0.1) is 0 Å². The standard InChI is InChI=1S/C12H11Cl2N5O2/c1-7-11(19(20)21)12(18(2)17-7)16-15-6-8-9(13)4-3-5-10(8)14/h3-6,16H,1-2H3/b15-6-. The first-order valence-corrected chi connectivity index (χ1v) is 6.58. The van der Waals surface area contributed by atoms with Gasteiger partial charge in [-0.2, -0.15) is 10.2 Å². The van der Waals surface area contributed by atoms with E-state index in [1.54, 1.807) is 32.2 Å². The Bertz CT molecular complexity index is 706. The van der Waals surface area contributed by atoms with Crippen LogP contribution in [0.5, 0.6) is 0 Å². The number of anilines is 1. The lowest BCUT2D eigenvalue weighted by atomic mass is 10.2. The largest absolute Gasteiger partial charge is 0.335 e. The monoisotopic (exact) mass is 327 g/mol. The molecule has 1 aromatic carbocycles. The summed E-state index contributed by atoms with van der Waals surface area (Å²) in [6.07, 6.45) is 1.40. The van der Waals surface area contributed by atoms with E-state index in [-0.39, 0.29) is 11.5 Å². The third-order valence-electron chi connectivity index (χ3n) is 2.74. The van der Waals surface area contributed by atoms with Crippen LogP contribution >= 0.6 is 23.2 Å². The van der Waals surface area contributed by atoms with E-state index in [0.717, 1.165) is 0 Å². The highest BCUT2D eigenvalue weighted by molar-refractivity contribution is 6.38. The maximum absolute atomic E-state index is 11.0. The first kappa shape index (κ1) is 15.3. The van der Waals surface area contributed by atoms with Crippen LogP contribution in [0.15, 0.2) is 23.3 Å². The number of nitrogens with one attached hydrogen (secondary N) is 1. The summed E-state index contributed by atoms with van der Waals surface area (Å²) >= 11 is 12.0. The summed E-state index contributed by atoms with van der Waals surface area (Å²) < 4.78 is 1.35. The van der Waals surface area contributed by atoms with E-state index in [1.807, 2.05) is 0 Å². The Hall–Kier alpha value is -2.12. The molecule has 0 saturated carbocycles. The van der Waals surface area contributed by atoms with E-state index in [4.69, 9.17) is 23.2 Å². The molecule has 9 heteroatoms. The number of hydrogen-bond donors (Lipinski definition) is 1. The van der Waals surface area contributed by atoms with E-state index in [0.29, 0.717) is 21.3 Å². The van der Waals surface area contributed by atoms with Crippen LogP contribution in [0.4, 0.5) is 11.5 Å². The second-order valence-electron chi connectivity index (χ2n) is 4.17. The van der Waals surface area contributed by atoms with Crippen LogP contribution in [-0.2, 0) is 7.05 Å². The van der Waals surface area contributed by atoms with Crippen molar-refractivity contribution in [3.63, 3.8) is 0 Å². The van der Waals surface area contributed by atoms with Crippen LogP contribution in [0, 0.1) is 17.0 Å². The fourth-order valence-corrected chi connectivity index (χ4v) is 2.28. The molecule has 0 amide bonds. The van der Waals surface area contributed by atoms with Gasteiger partial charge in [-0.3, -0.25) is 15.5 Å². The third-order valence-corrected chi connectivity index (χ3v) is 3.40. The molecule has 0 unspecified atom stereocenters. The first-order chi connectivity index (χ1) is 9.91. The van der Waals surface area contributed by atoms with Crippen LogP contribution in [-0.4, -0.2) is 20.9 Å². The van der Waals surface area contributed by atoms with Crippen molar-refractivity contribution in [3.05, 3.63) is 49.6 Å². The van der Waals surface area contributed by atoms with Crippen LogP contribution < -0.4 is 5.43 Å². The molecular formula is C12H11Cl2N5O2. The highest BCUT2D eigenvalue weighted by atomic mass is 35.5. The number of nitrogens with zero attached hydrogens (tertiary/aromatic N) is 4. The molecule has 0 aliphatic rings. The SMILES string of the molecule is Cc1nn(C)c(N/N=C\c2c(Cl)cccc2Cl)c1[N+](=O)[O-]. The molecule has 2 rings (SSSR count). The number of rotatable bonds is 4. The van der Waals surface area contributed by atoms with E-state index >= 15 is 0 Å². The fourth-order valence-electron chi connectivity index (χ4n) is 1.78. The summed E-state index contributed by atoms with van der Waals surface area (Å²) in [5.41, 5.74) is 3.30. The predicted molar refractivity (Wildman–Crippen MR) is 82.3 cm³/mol. The van der Waals surface area contributed by atoms with Gasteiger partial charge in [-0.05, 0) is 19.1 Å². The quantitative estimate of drug-likeness (QED) is 0.529. The molecule has 110 valence electrons. The Morgan fingerprint density at radius 2 is 2.05 bits per heavy atom. The van der Waals surface area contributed by atoms with Crippen LogP contribution in [0.3, 0.4) is 0 Å². The normalized spacial score (nSPS) is 11.0. The summed E-state index contributed by atoms with van der Waals surface area (Å²) in [4.78, 5) is 10.5. The molecule has 0 saturated heterocycles. The fraction of sp³-hybridized carbons (Fsp3) is 0.167. The summed E-state index contributed by atoms with van der Waals surface area (Å²) in [5.74, 6) is 0.178. The van der Waals surface area contributed by atoms with Gasteiger partial charge in [0.25, 0.3) is 0 Å². The molecular weight excluding hydrogens is 317 g/mol. The molecule has 2 aromatic rings. The van der Waals surface area contributed by atoms with Gasteiger partial charge in [0.2, 0.25) is 5.82 Å². The van der Waals surface area contributed by atoms with Gasteiger partial charge in [0, 0.05) is 12.6 Å². The summed E-state index contributed by atoms with van der Waals surface area (Å²) in [5, 5.41) is 19.8. The van der Waals surface area contributed by atoms with Crippen molar-refractivity contribution < 1.29 is 4.92 Å². The van der Waals surface area contributed by atoms with E-state index < -0.39 is 4.92 Å². The van der Waals surface area contributed by atoms with E-state index in [9.17, 15) is 10.1 Å². The highest BCUT2D eigenvalue weighted by Gasteiger charge is 2.23. The van der Waals surface area contributed by atoms with Crippen molar-refractivity contribution in [2.24, 2.45) is 12.1 Å². The molecule has 0 bridgehead atoms. The molecule has 0 radical (unpaired) electrons. The summed E-state index contributed by atoms with van der Waals surface area (Å²) in [6, 6.07) is 5.06. The Kier molecular flexibility index (Phi) is 4.44. The van der Waals surface area contributed by atoms with Crippen LogP contribution in [0.1, 0.15) is 11.3 Å². The smallest absolute Gasteiger partial charge is 0.258 e. The van der Waals surface area contributed by atoms with E-state index in [2.05, 4.69) is 15.6 Å². The van der Waals surface area contributed by atoms with Crippen molar-refractivity contribution in [2.45, 2.75) is 6.92 Å². The second kappa shape index (κ2) is 6.11. The summed E-state index contributed by atoms with van der Waals surface area (Å²) in [6.45, 7) is 1.55. The maximum Gasteiger partial charge on any atom is 0.335 e. The predicted octanol–water partition coefficient (Wildman–Crippen LogP) is 3.39. The van der Waals surface area contributed by atoms with Gasteiger partial charge >= 0.3 is 5.69 Å². The van der Waals surface area contributed by atoms with E-state index in [1.165, 1.54) is 10.9 Å². The zero-order valence-corrected chi connectivity index (χ0v) is 12.7. The first-order valence-electron chi connectivity index (χ1n) is 5.83. The van der Waals surface area contributed by atoms with Gasteiger partial charge in [0.05, 0.1) is 21.2 Å². The van der Waals surface area contributed by atoms with Gasteiger partial charge in [0.15, 0.2) is 0 Å². The Morgan fingerprint density at radius 3 is 2.62 bits per heavy atom. The molecule has 0 spiro atoms.